The van der Waals surface area contributed by atoms with Crippen molar-refractivity contribution in [3.63, 3.8) is 0 Å². The van der Waals surface area contributed by atoms with E-state index in [4.69, 9.17) is 9.72 Å². The molecule has 17 aromatic carbocycles. The van der Waals surface area contributed by atoms with Crippen molar-refractivity contribution >= 4 is 158 Å². The molecule has 0 aliphatic carbocycles. The van der Waals surface area contributed by atoms with Crippen molar-refractivity contribution in [2.75, 3.05) is 0 Å². The van der Waals surface area contributed by atoms with Gasteiger partial charge in [0, 0.05) is 132 Å². The van der Waals surface area contributed by atoms with Gasteiger partial charge in [-0.05, 0) is 132 Å². The molecule has 0 bridgehead atoms. The van der Waals surface area contributed by atoms with E-state index in [1.807, 2.05) is 18.3 Å². The number of aromatic nitrogens is 8. The number of hydrogen-bond donors (Lipinski definition) is 0. The molecule has 0 amide bonds. The summed E-state index contributed by atoms with van der Waals surface area (Å²) in [4.78, 5) is 5.00. The summed E-state index contributed by atoms with van der Waals surface area (Å²) in [6, 6.07) is 161. The molecule has 0 radical (unpaired) electrons. The third kappa shape index (κ3) is 11.2. The van der Waals surface area contributed by atoms with E-state index in [0.717, 1.165) is 72.3 Å². The Morgan fingerprint density at radius 3 is 1.09 bits per heavy atom. The zero-order valence-corrected chi connectivity index (χ0v) is 72.4. The van der Waals surface area contributed by atoms with Crippen LogP contribution in [0.2, 0.25) is 0 Å². The van der Waals surface area contributed by atoms with E-state index in [9.17, 15) is 0 Å². The third-order valence-electron chi connectivity index (χ3n) is 25.6. The average molecular weight is 1800 g/mol. The van der Waals surface area contributed by atoms with E-state index >= 15 is 0 Å². The molecule has 0 spiro atoms. The van der Waals surface area contributed by atoms with Crippen LogP contribution >= 0.6 is 0 Å². The summed E-state index contributed by atoms with van der Waals surface area (Å²) in [6.07, 6.45) is 6.05. The molecule has 9 nitrogen and oxygen atoms in total. The molecular formula is C112H78N8OPtSi2-2. The van der Waals surface area contributed by atoms with Crippen molar-refractivity contribution in [3.8, 4) is 50.9 Å². The summed E-state index contributed by atoms with van der Waals surface area (Å²) >= 11 is 0. The number of rotatable bonds is 15. The fraction of sp³-hybridized carbons (Fsp3) is 0.0357. The molecular weight excluding hydrogens is 1720 g/mol. The van der Waals surface area contributed by atoms with Gasteiger partial charge in [0.15, 0.2) is 0 Å². The van der Waals surface area contributed by atoms with Gasteiger partial charge in [-0.1, -0.05) is 342 Å². The van der Waals surface area contributed by atoms with Crippen LogP contribution < -0.4 is 30.1 Å². The Morgan fingerprint density at radius 2 is 0.661 bits per heavy atom. The fourth-order valence-corrected chi connectivity index (χ4v) is 30.5. The predicted molar refractivity (Wildman–Crippen MR) is 512 cm³/mol. The number of imidazole rings is 1. The second-order valence-corrected chi connectivity index (χ2v) is 40.1. The van der Waals surface area contributed by atoms with Crippen molar-refractivity contribution < 1.29 is 30.4 Å². The Morgan fingerprint density at radius 1 is 0.306 bits per heavy atom. The first-order valence-electron chi connectivity index (χ1n) is 42.2. The largest absolute Gasteiger partial charge is 0.510 e. The summed E-state index contributed by atoms with van der Waals surface area (Å²) in [5.74, 6) is 1.91. The molecule has 0 atom stereocenters. The molecule has 0 saturated carbocycles. The van der Waals surface area contributed by atoms with Crippen molar-refractivity contribution in [1.29, 1.82) is 0 Å². The van der Waals surface area contributed by atoms with Gasteiger partial charge in [-0.15, -0.1) is 29.7 Å². The molecule has 12 heteroatoms. The molecule has 0 saturated heterocycles. The van der Waals surface area contributed by atoms with Crippen LogP contribution in [-0.4, -0.2) is 47.8 Å². The number of benzene rings is 17. The van der Waals surface area contributed by atoms with Crippen LogP contribution in [0.4, 0.5) is 0 Å². The Hall–Kier alpha value is -14.7. The van der Waals surface area contributed by atoms with Crippen LogP contribution in [0.3, 0.4) is 0 Å². The van der Waals surface area contributed by atoms with Crippen LogP contribution in [0.1, 0.15) is 26.3 Å². The van der Waals surface area contributed by atoms with Crippen LogP contribution in [0.15, 0.2) is 419 Å². The molecule has 7 aromatic heterocycles. The first-order chi connectivity index (χ1) is 60.7. The normalized spacial score (nSPS) is 12.2. The Labute approximate surface area is 733 Å². The summed E-state index contributed by atoms with van der Waals surface area (Å²) in [5, 5.41) is 16.7. The molecule has 0 aliphatic rings. The second kappa shape index (κ2) is 29.3. The minimum atomic E-state index is -3.76. The van der Waals surface area contributed by atoms with Gasteiger partial charge < -0.3 is 30.8 Å². The smallest absolute Gasteiger partial charge is 0.340 e. The maximum Gasteiger partial charge on any atom is 0.340 e. The summed E-state index contributed by atoms with van der Waals surface area (Å²) in [7, 11) is -7.52. The van der Waals surface area contributed by atoms with Gasteiger partial charge in [-0.3, -0.25) is 4.57 Å². The van der Waals surface area contributed by atoms with Crippen LogP contribution in [0.5, 0.6) is 11.5 Å². The maximum absolute atomic E-state index is 7.03. The van der Waals surface area contributed by atoms with E-state index in [0.29, 0.717) is 11.5 Å². The van der Waals surface area contributed by atoms with Crippen molar-refractivity contribution in [1.82, 2.24) is 31.0 Å². The van der Waals surface area contributed by atoms with Gasteiger partial charge in [0.05, 0.1) is 16.7 Å². The number of fused-ring (bicyclic) bond motifs is 16. The number of para-hydroxylation sites is 12. The SMILES string of the molecule is CC(C)(C)c1ccnc(-n2c3[c-]c(Oc4[c-]c(-n5[c-][n+](-c6c(-c7cccc([Si](c8ccccc8)(n8c9ccccc9c9ccccc98)n8c9ccccc9c9ccccc98)c7)cccc6-c6cccc([Si](c7ccccc7)(n7c8ccccc8c8ccccc87)n7c8ccccc8c8ccccc87)c6)c6ccccc65)ccc4)ccc3c3ccccc32)c1.[Pt]. The molecule has 0 fully saturated rings. The molecule has 0 aliphatic heterocycles. The maximum atomic E-state index is 7.03. The second-order valence-electron chi connectivity index (χ2n) is 33.3. The average Bonchev–Trinajstić information content (AvgIpc) is 1.50. The molecule has 24 rings (SSSR count). The zero-order chi connectivity index (χ0) is 81.7. The van der Waals surface area contributed by atoms with E-state index in [-0.39, 0.29) is 26.5 Å². The summed E-state index contributed by atoms with van der Waals surface area (Å²) < 4.78 is 24.8. The van der Waals surface area contributed by atoms with Crippen molar-refractivity contribution in [2.24, 2.45) is 0 Å². The van der Waals surface area contributed by atoms with Gasteiger partial charge in [0.2, 0.25) is 0 Å². The molecule has 124 heavy (non-hydrogen) atoms. The standard InChI is InChI=1S/C112H78N8OSi2.Pt/c1-112(2,3)78-68-69-113-110(72-78)116-98-55-19-10-44-88(98)97-67-66-81(74-109(97)116)121-80-37-32-36-79(73-80)114-75-115(108-65-29-28-64-107(108)114)111-86(76-34-30-42-84(70-76)122(82-38-6-4-7-39-82,117-99-56-20-11-45-89(99)90-46-12-21-57-100(90)117)118-101-58-22-13-47-91(101)92-48-14-23-59-102(92)118)53-33-54-87(111)77-35-31-43-85(71-77)123(83-40-8-5-9-41-83,119-103-60-24-15-49-93(103)94-50-16-25-61-104(94)119)120-105-62-26-17-51-95(105)96-52-18-27-63-106(96)120;/h4-72H,1-3H3;/q-2;. The van der Waals surface area contributed by atoms with E-state index < -0.39 is 16.8 Å². The van der Waals surface area contributed by atoms with Crippen LogP contribution in [-0.2, 0) is 26.5 Å². The number of ether oxygens (including phenoxy) is 1. The number of pyridine rings is 1. The Balaban J connectivity index is 0.00000888. The zero-order valence-electron chi connectivity index (χ0n) is 68.1. The first-order valence-corrected chi connectivity index (χ1v) is 46.0. The van der Waals surface area contributed by atoms with E-state index in [1.54, 1.807) is 0 Å². The molecule has 592 valence electrons. The van der Waals surface area contributed by atoms with Crippen molar-refractivity contribution in [2.45, 2.75) is 26.2 Å². The first kappa shape index (κ1) is 74.3. The van der Waals surface area contributed by atoms with E-state index in [1.165, 1.54) is 114 Å². The van der Waals surface area contributed by atoms with Gasteiger partial charge >= 0.3 is 16.8 Å². The van der Waals surface area contributed by atoms with Crippen LogP contribution in [0, 0.1) is 18.5 Å². The third-order valence-corrected chi connectivity index (χ3v) is 34.6. The summed E-state index contributed by atoms with van der Waals surface area (Å²) in [6.45, 7) is 6.72. The van der Waals surface area contributed by atoms with Gasteiger partial charge in [0.25, 0.3) is 6.33 Å². The van der Waals surface area contributed by atoms with Gasteiger partial charge in [-0.25, -0.2) is 4.98 Å². The predicted octanol–water partition coefficient (Wildman–Crippen LogP) is 24.0. The molecule has 0 unspecified atom stereocenters. The quantitative estimate of drug-likeness (QED) is 0.0583. The van der Waals surface area contributed by atoms with Gasteiger partial charge in [-0.2, -0.15) is 18.2 Å². The fourth-order valence-electron chi connectivity index (χ4n) is 20.4. The monoisotopic (exact) mass is 1800 g/mol. The minimum Gasteiger partial charge on any atom is -0.510 e. The minimum absolute atomic E-state index is 0. The summed E-state index contributed by atoms with van der Waals surface area (Å²) in [5.41, 5.74) is 20.1. The Kier molecular flexibility index (Phi) is 17.6. The number of nitrogens with zero attached hydrogens (tertiary/aromatic N) is 8. The van der Waals surface area contributed by atoms with Gasteiger partial charge in [0.1, 0.15) is 5.82 Å². The molecule has 0 N–H and O–H groups in total. The topological polar surface area (TPSA) is 55.6 Å². The molecule has 7 heterocycles. The molecule has 24 aromatic rings. The van der Waals surface area contributed by atoms with E-state index in [2.05, 4.69) is 470 Å². The van der Waals surface area contributed by atoms with Crippen molar-refractivity contribution in [3.05, 3.63) is 443 Å². The number of hydrogen-bond acceptors (Lipinski definition) is 2. The Bertz CT molecular complexity index is 7610. The van der Waals surface area contributed by atoms with Crippen LogP contribution in [0.25, 0.3) is 160 Å².